The van der Waals surface area contributed by atoms with Gasteiger partial charge in [-0.2, -0.15) is 0 Å². The Hall–Kier alpha value is -0.210. The van der Waals surface area contributed by atoms with Crippen LogP contribution < -0.4 is 0 Å². The second kappa shape index (κ2) is 3.67. The zero-order valence-corrected chi connectivity index (χ0v) is 8.81. The lowest BCUT2D eigenvalue weighted by molar-refractivity contribution is 0.592. The Balaban J connectivity index is 3.39. The highest BCUT2D eigenvalue weighted by Crippen LogP contribution is 2.29. The minimum Gasteiger partial charge on any atom is -0.205 e. The van der Waals surface area contributed by atoms with Crippen molar-refractivity contribution in [3.63, 3.8) is 0 Å². The van der Waals surface area contributed by atoms with E-state index in [4.69, 9.17) is 11.6 Å². The summed E-state index contributed by atoms with van der Waals surface area (Å²) in [6.07, 6.45) is 1.85. The van der Waals surface area contributed by atoms with Gasteiger partial charge in [-0.05, 0) is 31.7 Å². The summed E-state index contributed by atoms with van der Waals surface area (Å²) in [7, 11) is 0. The highest BCUT2D eigenvalue weighted by molar-refractivity contribution is 7.98. The van der Waals surface area contributed by atoms with E-state index in [2.05, 4.69) is 0 Å². The van der Waals surface area contributed by atoms with Gasteiger partial charge in [0.05, 0.1) is 0 Å². The highest BCUT2D eigenvalue weighted by atomic mass is 35.5. The highest BCUT2D eigenvalue weighted by Gasteiger charge is 2.10. The van der Waals surface area contributed by atoms with Crippen molar-refractivity contribution in [2.45, 2.75) is 18.7 Å². The zero-order chi connectivity index (χ0) is 9.30. The molecular formula is C9H10ClFS. The average molecular weight is 205 g/mol. The minimum absolute atomic E-state index is 0.196. The van der Waals surface area contributed by atoms with Gasteiger partial charge in [-0.3, -0.25) is 0 Å². The van der Waals surface area contributed by atoms with E-state index in [9.17, 15) is 4.39 Å². The standard InChI is InChI=1S/C9H10ClFS/c1-5-4-7(12-3)9(11)6(2)8(5)10/h4H,1-3H3. The normalized spacial score (nSPS) is 10.4. The van der Waals surface area contributed by atoms with Gasteiger partial charge in [0, 0.05) is 15.5 Å². The van der Waals surface area contributed by atoms with Crippen LogP contribution in [-0.2, 0) is 0 Å². The molecule has 0 saturated heterocycles. The Kier molecular flexibility index (Phi) is 3.02. The van der Waals surface area contributed by atoms with Gasteiger partial charge in [-0.1, -0.05) is 11.6 Å². The molecule has 0 radical (unpaired) electrons. The summed E-state index contributed by atoms with van der Waals surface area (Å²) in [5, 5.41) is 0.533. The summed E-state index contributed by atoms with van der Waals surface area (Å²) in [4.78, 5) is 0.661. The fourth-order valence-electron chi connectivity index (χ4n) is 1.05. The minimum atomic E-state index is -0.196. The summed E-state index contributed by atoms with van der Waals surface area (Å²) in [6.45, 7) is 3.58. The van der Waals surface area contributed by atoms with E-state index in [0.717, 1.165) is 5.56 Å². The van der Waals surface area contributed by atoms with Crippen LogP contribution in [0, 0.1) is 19.7 Å². The molecule has 66 valence electrons. The lowest BCUT2D eigenvalue weighted by Gasteiger charge is -2.07. The van der Waals surface area contributed by atoms with Gasteiger partial charge in [0.1, 0.15) is 5.82 Å². The van der Waals surface area contributed by atoms with E-state index in [1.54, 1.807) is 13.0 Å². The number of thioether (sulfide) groups is 1. The number of hydrogen-bond acceptors (Lipinski definition) is 1. The molecule has 1 aromatic rings. The first-order chi connectivity index (χ1) is 5.57. The molecule has 0 nitrogen and oxygen atoms in total. The Bertz CT molecular complexity index is 310. The van der Waals surface area contributed by atoms with Crippen LogP contribution in [0.4, 0.5) is 4.39 Å². The van der Waals surface area contributed by atoms with Crippen LogP contribution in [0.25, 0.3) is 0 Å². The van der Waals surface area contributed by atoms with Crippen molar-refractivity contribution in [1.29, 1.82) is 0 Å². The van der Waals surface area contributed by atoms with Crippen molar-refractivity contribution >= 4 is 23.4 Å². The largest absolute Gasteiger partial charge is 0.205 e. The Labute approximate surface area is 81.1 Å². The summed E-state index contributed by atoms with van der Waals surface area (Å²) >= 11 is 7.26. The molecule has 3 heteroatoms. The lowest BCUT2D eigenvalue weighted by Crippen LogP contribution is -1.90. The van der Waals surface area contributed by atoms with Gasteiger partial charge in [-0.25, -0.2) is 4.39 Å². The number of rotatable bonds is 1. The summed E-state index contributed by atoms with van der Waals surface area (Å²) in [6, 6.07) is 1.77. The molecule has 1 rings (SSSR count). The summed E-state index contributed by atoms with van der Waals surface area (Å²) in [5.41, 5.74) is 1.47. The van der Waals surface area contributed by atoms with Crippen molar-refractivity contribution in [1.82, 2.24) is 0 Å². The van der Waals surface area contributed by atoms with Crippen molar-refractivity contribution in [3.05, 3.63) is 28.0 Å². The molecule has 0 saturated carbocycles. The predicted octanol–water partition coefficient (Wildman–Crippen LogP) is 3.82. The molecule has 0 aromatic heterocycles. The lowest BCUT2D eigenvalue weighted by atomic mass is 10.1. The Morgan fingerprint density at radius 2 is 2.00 bits per heavy atom. The van der Waals surface area contributed by atoms with E-state index in [0.29, 0.717) is 15.5 Å². The fourth-order valence-corrected chi connectivity index (χ4v) is 1.81. The van der Waals surface area contributed by atoms with Gasteiger partial charge in [-0.15, -0.1) is 11.8 Å². The van der Waals surface area contributed by atoms with Crippen molar-refractivity contribution in [3.8, 4) is 0 Å². The maximum Gasteiger partial charge on any atom is 0.141 e. The number of hydrogen-bond donors (Lipinski definition) is 0. The van der Waals surface area contributed by atoms with Crippen LogP contribution in [0.5, 0.6) is 0 Å². The molecule has 0 aliphatic rings. The molecule has 0 amide bonds. The fraction of sp³-hybridized carbons (Fsp3) is 0.333. The number of halogens is 2. The predicted molar refractivity (Wildman–Crippen MR) is 52.7 cm³/mol. The summed E-state index contributed by atoms with van der Waals surface area (Å²) in [5.74, 6) is -0.196. The van der Waals surface area contributed by atoms with E-state index in [-0.39, 0.29) is 5.82 Å². The van der Waals surface area contributed by atoms with Gasteiger partial charge >= 0.3 is 0 Å². The number of aryl methyl sites for hydroxylation is 1. The number of benzene rings is 1. The van der Waals surface area contributed by atoms with Crippen LogP contribution in [0.3, 0.4) is 0 Å². The first kappa shape index (κ1) is 9.87. The average Bonchev–Trinajstić information content (AvgIpc) is 2.08. The molecule has 0 unspecified atom stereocenters. The van der Waals surface area contributed by atoms with Crippen LogP contribution in [0.15, 0.2) is 11.0 Å². The molecule has 12 heavy (non-hydrogen) atoms. The van der Waals surface area contributed by atoms with Crippen molar-refractivity contribution in [2.24, 2.45) is 0 Å². The quantitative estimate of drug-likeness (QED) is 0.627. The molecular weight excluding hydrogens is 195 g/mol. The van der Waals surface area contributed by atoms with E-state index >= 15 is 0 Å². The van der Waals surface area contributed by atoms with Crippen LogP contribution in [0.2, 0.25) is 5.02 Å². The van der Waals surface area contributed by atoms with E-state index < -0.39 is 0 Å². The molecule has 0 bridgehead atoms. The van der Waals surface area contributed by atoms with Crippen molar-refractivity contribution in [2.75, 3.05) is 6.26 Å². The monoisotopic (exact) mass is 204 g/mol. The van der Waals surface area contributed by atoms with Gasteiger partial charge < -0.3 is 0 Å². The second-order valence-electron chi connectivity index (χ2n) is 2.65. The third-order valence-corrected chi connectivity index (χ3v) is 3.11. The molecule has 0 fully saturated rings. The Morgan fingerprint density at radius 3 is 2.50 bits per heavy atom. The van der Waals surface area contributed by atoms with Crippen LogP contribution >= 0.6 is 23.4 Å². The maximum absolute atomic E-state index is 13.3. The topological polar surface area (TPSA) is 0 Å². The maximum atomic E-state index is 13.3. The summed E-state index contributed by atoms with van der Waals surface area (Å²) < 4.78 is 13.3. The van der Waals surface area contributed by atoms with Crippen LogP contribution in [-0.4, -0.2) is 6.26 Å². The zero-order valence-electron chi connectivity index (χ0n) is 7.24. The molecule has 0 spiro atoms. The van der Waals surface area contributed by atoms with E-state index in [1.165, 1.54) is 11.8 Å². The first-order valence-corrected chi connectivity index (χ1v) is 5.17. The van der Waals surface area contributed by atoms with Gasteiger partial charge in [0.15, 0.2) is 0 Å². The molecule has 0 atom stereocenters. The smallest absolute Gasteiger partial charge is 0.141 e. The van der Waals surface area contributed by atoms with Crippen molar-refractivity contribution < 1.29 is 4.39 Å². The molecule has 0 N–H and O–H groups in total. The third kappa shape index (κ3) is 1.59. The molecule has 0 aliphatic carbocycles. The van der Waals surface area contributed by atoms with Gasteiger partial charge in [0.25, 0.3) is 0 Å². The van der Waals surface area contributed by atoms with Crippen LogP contribution in [0.1, 0.15) is 11.1 Å². The Morgan fingerprint density at radius 1 is 1.42 bits per heavy atom. The molecule has 1 aromatic carbocycles. The second-order valence-corrected chi connectivity index (χ2v) is 3.87. The SMILES string of the molecule is CSc1cc(C)c(Cl)c(C)c1F. The van der Waals surface area contributed by atoms with E-state index in [1.807, 2.05) is 13.2 Å². The molecule has 0 aliphatic heterocycles. The van der Waals surface area contributed by atoms with Gasteiger partial charge in [0.2, 0.25) is 0 Å². The third-order valence-electron chi connectivity index (χ3n) is 1.79. The first-order valence-electron chi connectivity index (χ1n) is 3.57. The molecule has 0 heterocycles.